The Morgan fingerprint density at radius 1 is 0.868 bits per heavy atom. The third-order valence-electron chi connectivity index (χ3n) is 5.72. The number of primary sulfonamides is 1. The average molecular weight is 590 g/mol. The summed E-state index contributed by atoms with van der Waals surface area (Å²) >= 11 is 18.8. The molecule has 1 aromatic heterocycles. The number of benzene rings is 3. The first-order valence-electron chi connectivity index (χ1n) is 11.4. The van der Waals surface area contributed by atoms with Gasteiger partial charge in [0, 0.05) is 41.2 Å². The van der Waals surface area contributed by atoms with Crippen LogP contribution < -0.4 is 10.0 Å². The summed E-state index contributed by atoms with van der Waals surface area (Å²) in [5.74, 6) is -0.352. The highest BCUT2D eigenvalue weighted by Crippen LogP contribution is 2.26. The maximum absolute atomic E-state index is 13.6. The van der Waals surface area contributed by atoms with E-state index in [1.54, 1.807) is 54.9 Å². The lowest BCUT2D eigenvalue weighted by atomic mass is 10.1. The van der Waals surface area contributed by atoms with Crippen LogP contribution in [-0.2, 0) is 29.7 Å². The molecule has 4 rings (SSSR count). The number of pyridine rings is 1. The number of aromatic nitrogens is 1. The third kappa shape index (κ3) is 7.27. The van der Waals surface area contributed by atoms with Gasteiger partial charge in [0.2, 0.25) is 10.0 Å². The average Bonchev–Trinajstić information content (AvgIpc) is 2.90. The van der Waals surface area contributed by atoms with Crippen molar-refractivity contribution < 1.29 is 12.8 Å². The molecule has 0 spiro atoms. The lowest BCUT2D eigenvalue weighted by Gasteiger charge is -2.34. The molecule has 0 aliphatic heterocycles. The SMILES string of the molecule is NS(=O)(=O)c1ccc(N(Cc2ccc(F)cc2)C(=S)N(Cc2ccncc2)Cc2cc(Cl)ccc2Cl)cc1. The first-order valence-corrected chi connectivity index (χ1v) is 14.1. The number of nitrogens with two attached hydrogens (primary N) is 1. The summed E-state index contributed by atoms with van der Waals surface area (Å²) in [6, 6.07) is 21.2. The molecule has 0 atom stereocenters. The Labute approximate surface area is 236 Å². The van der Waals surface area contributed by atoms with Crippen LogP contribution in [0.5, 0.6) is 0 Å². The molecule has 196 valence electrons. The largest absolute Gasteiger partial charge is 0.340 e. The van der Waals surface area contributed by atoms with E-state index in [0.29, 0.717) is 40.5 Å². The van der Waals surface area contributed by atoms with Gasteiger partial charge in [-0.25, -0.2) is 17.9 Å². The van der Waals surface area contributed by atoms with Gasteiger partial charge in [-0.15, -0.1) is 0 Å². The van der Waals surface area contributed by atoms with Gasteiger partial charge in [0.25, 0.3) is 0 Å². The molecular formula is C27H23Cl2FN4O2S2. The Morgan fingerprint density at radius 2 is 1.50 bits per heavy atom. The van der Waals surface area contributed by atoms with Crippen molar-refractivity contribution in [1.29, 1.82) is 0 Å². The van der Waals surface area contributed by atoms with E-state index in [4.69, 9.17) is 40.6 Å². The van der Waals surface area contributed by atoms with Crippen LogP contribution >= 0.6 is 35.4 Å². The van der Waals surface area contributed by atoms with Crippen LogP contribution in [0.1, 0.15) is 16.7 Å². The van der Waals surface area contributed by atoms with Crippen LogP contribution in [0.25, 0.3) is 0 Å². The zero-order valence-corrected chi connectivity index (χ0v) is 23.1. The molecule has 0 aliphatic rings. The highest BCUT2D eigenvalue weighted by Gasteiger charge is 2.22. The van der Waals surface area contributed by atoms with Gasteiger partial charge >= 0.3 is 0 Å². The minimum absolute atomic E-state index is 0.0201. The topological polar surface area (TPSA) is 79.5 Å². The highest BCUT2D eigenvalue weighted by atomic mass is 35.5. The molecule has 0 saturated carbocycles. The summed E-state index contributed by atoms with van der Waals surface area (Å²) in [6.07, 6.45) is 3.40. The lowest BCUT2D eigenvalue weighted by molar-refractivity contribution is 0.405. The van der Waals surface area contributed by atoms with E-state index in [0.717, 1.165) is 16.7 Å². The molecule has 6 nitrogen and oxygen atoms in total. The first kappa shape index (κ1) is 27.9. The van der Waals surface area contributed by atoms with Crippen molar-refractivity contribution in [2.75, 3.05) is 4.90 Å². The zero-order valence-electron chi connectivity index (χ0n) is 20.0. The van der Waals surface area contributed by atoms with Crippen LogP contribution in [0, 0.1) is 5.82 Å². The Morgan fingerprint density at radius 3 is 2.13 bits per heavy atom. The van der Waals surface area contributed by atoms with E-state index in [1.165, 1.54) is 24.3 Å². The fourth-order valence-corrected chi connectivity index (χ4v) is 4.98. The summed E-state index contributed by atoms with van der Waals surface area (Å²) in [5.41, 5.74) is 3.17. The van der Waals surface area contributed by atoms with Crippen molar-refractivity contribution in [2.45, 2.75) is 24.5 Å². The van der Waals surface area contributed by atoms with Crippen molar-refractivity contribution in [1.82, 2.24) is 9.88 Å². The number of rotatable bonds is 8. The quantitative estimate of drug-likeness (QED) is 0.248. The number of thiocarbonyl (C=S) groups is 1. The standard InChI is InChI=1S/C27H23Cl2FN4O2S2/c28-22-3-10-26(29)21(15-22)18-33(16-20-11-13-32-14-12-20)27(37)34(17-19-1-4-23(30)5-2-19)24-6-8-25(9-7-24)38(31,35)36/h1-15H,16-18H2,(H2,31,35,36). The third-order valence-corrected chi connectivity index (χ3v) is 7.74. The van der Waals surface area contributed by atoms with Gasteiger partial charge in [0.1, 0.15) is 5.82 Å². The maximum Gasteiger partial charge on any atom is 0.238 e. The Kier molecular flexibility index (Phi) is 8.96. The van der Waals surface area contributed by atoms with E-state index < -0.39 is 10.0 Å². The number of halogens is 3. The van der Waals surface area contributed by atoms with Crippen molar-refractivity contribution >= 4 is 56.2 Å². The molecule has 11 heteroatoms. The van der Waals surface area contributed by atoms with E-state index in [-0.39, 0.29) is 10.7 Å². The minimum atomic E-state index is -3.87. The number of anilines is 1. The summed E-state index contributed by atoms with van der Waals surface area (Å²) in [6.45, 7) is 1.07. The Hall–Kier alpha value is -3.08. The molecule has 0 bridgehead atoms. The van der Waals surface area contributed by atoms with Crippen LogP contribution in [0.4, 0.5) is 10.1 Å². The fourth-order valence-electron chi connectivity index (χ4n) is 3.80. The Bertz CT molecular complexity index is 1520. The molecule has 0 saturated heterocycles. The van der Waals surface area contributed by atoms with Gasteiger partial charge in [0.15, 0.2) is 5.11 Å². The number of hydrogen-bond acceptors (Lipinski definition) is 4. The second kappa shape index (κ2) is 12.2. The van der Waals surface area contributed by atoms with Crippen molar-refractivity contribution in [2.24, 2.45) is 5.14 Å². The maximum atomic E-state index is 13.6. The van der Waals surface area contributed by atoms with Gasteiger partial charge in [-0.05, 0) is 95.6 Å². The fraction of sp³-hybridized carbons (Fsp3) is 0.111. The second-order valence-corrected chi connectivity index (χ2v) is 11.3. The molecule has 0 fully saturated rings. The molecule has 4 aromatic rings. The van der Waals surface area contributed by atoms with Gasteiger partial charge < -0.3 is 9.80 Å². The number of nitrogens with zero attached hydrogens (tertiary/aromatic N) is 3. The monoisotopic (exact) mass is 588 g/mol. The lowest BCUT2D eigenvalue weighted by Crippen LogP contribution is -2.42. The van der Waals surface area contributed by atoms with Gasteiger partial charge in [-0.3, -0.25) is 4.98 Å². The predicted octanol–water partition coefficient (Wildman–Crippen LogP) is 6.17. The molecule has 0 aliphatic carbocycles. The van der Waals surface area contributed by atoms with Crippen LogP contribution in [0.3, 0.4) is 0 Å². The van der Waals surface area contributed by atoms with Crippen molar-refractivity contribution in [3.05, 3.63) is 124 Å². The van der Waals surface area contributed by atoms with E-state index in [2.05, 4.69) is 4.98 Å². The summed E-state index contributed by atoms with van der Waals surface area (Å²) in [5, 5.41) is 6.81. The first-order chi connectivity index (χ1) is 18.1. The Balaban J connectivity index is 1.75. The van der Waals surface area contributed by atoms with Crippen LogP contribution in [-0.4, -0.2) is 23.4 Å². The second-order valence-electron chi connectivity index (χ2n) is 8.48. The van der Waals surface area contributed by atoms with Crippen molar-refractivity contribution in [3.8, 4) is 0 Å². The summed E-state index contributed by atoms with van der Waals surface area (Å²) < 4.78 is 37.2. The predicted molar refractivity (Wildman–Crippen MR) is 153 cm³/mol. The number of sulfonamides is 1. The molecule has 1 heterocycles. The van der Waals surface area contributed by atoms with Crippen molar-refractivity contribution in [3.63, 3.8) is 0 Å². The number of hydrogen-bond donors (Lipinski definition) is 1. The van der Waals surface area contributed by atoms with E-state index in [9.17, 15) is 12.8 Å². The summed E-state index contributed by atoms with van der Waals surface area (Å²) in [4.78, 5) is 7.87. The molecule has 3 aromatic carbocycles. The minimum Gasteiger partial charge on any atom is -0.340 e. The molecule has 0 amide bonds. The van der Waals surface area contributed by atoms with E-state index >= 15 is 0 Å². The smallest absolute Gasteiger partial charge is 0.238 e. The van der Waals surface area contributed by atoms with Gasteiger partial charge in [-0.1, -0.05) is 35.3 Å². The molecule has 0 radical (unpaired) electrons. The molecule has 0 unspecified atom stereocenters. The summed E-state index contributed by atoms with van der Waals surface area (Å²) in [7, 11) is -3.87. The van der Waals surface area contributed by atoms with E-state index in [1.807, 2.05) is 21.9 Å². The van der Waals surface area contributed by atoms with Crippen LogP contribution in [0.2, 0.25) is 10.0 Å². The van der Waals surface area contributed by atoms with Crippen LogP contribution in [0.15, 0.2) is 96.2 Å². The molecule has 38 heavy (non-hydrogen) atoms. The van der Waals surface area contributed by atoms with Gasteiger partial charge in [0.05, 0.1) is 11.4 Å². The zero-order chi connectivity index (χ0) is 27.3. The normalized spacial score (nSPS) is 11.3. The molecular weight excluding hydrogens is 566 g/mol. The molecule has 2 N–H and O–H groups in total. The van der Waals surface area contributed by atoms with Gasteiger partial charge in [-0.2, -0.15) is 0 Å². The highest BCUT2D eigenvalue weighted by molar-refractivity contribution is 7.89.